The van der Waals surface area contributed by atoms with E-state index in [-0.39, 0.29) is 11.4 Å². The molecule has 6 nitrogen and oxygen atoms in total. The lowest BCUT2D eigenvalue weighted by atomic mass is 10.5. The summed E-state index contributed by atoms with van der Waals surface area (Å²) >= 11 is 5.80. The lowest BCUT2D eigenvalue weighted by Crippen LogP contribution is -2.18. The molecule has 1 rings (SSSR count). The monoisotopic (exact) mass is 259 g/mol. The number of hydrogen-bond donors (Lipinski definition) is 1. The molecule has 1 aromatic heterocycles. The Balaban J connectivity index is 2.53. The molecule has 0 fully saturated rings. The Labute approximate surface area is 106 Å². The SMILES string of the molecule is CC(C)OCCNc1nc(Cl)nc(N(C)C)n1. The lowest BCUT2D eigenvalue weighted by molar-refractivity contribution is 0.0870. The molecule has 96 valence electrons. The van der Waals surface area contributed by atoms with E-state index in [0.717, 1.165) is 0 Å². The van der Waals surface area contributed by atoms with E-state index in [9.17, 15) is 0 Å². The molecule has 0 aromatic carbocycles. The average Bonchev–Trinajstić information content (AvgIpc) is 2.23. The Morgan fingerprint density at radius 3 is 2.59 bits per heavy atom. The third-order valence-electron chi connectivity index (χ3n) is 1.83. The summed E-state index contributed by atoms with van der Waals surface area (Å²) in [7, 11) is 3.69. The molecule has 0 radical (unpaired) electrons. The van der Waals surface area contributed by atoms with Crippen LogP contribution in [0.4, 0.5) is 11.9 Å². The van der Waals surface area contributed by atoms with Crippen LogP contribution in [0.15, 0.2) is 0 Å². The number of aromatic nitrogens is 3. The highest BCUT2D eigenvalue weighted by Gasteiger charge is 2.06. The minimum Gasteiger partial charge on any atom is -0.377 e. The smallest absolute Gasteiger partial charge is 0.230 e. The van der Waals surface area contributed by atoms with Crippen molar-refractivity contribution in [3.05, 3.63) is 5.28 Å². The molecule has 0 saturated carbocycles. The average molecular weight is 260 g/mol. The standard InChI is InChI=1S/C10H18ClN5O/c1-7(2)17-6-5-12-9-13-8(11)14-10(15-9)16(3)4/h7H,5-6H2,1-4H3,(H,12,13,14,15). The van der Waals surface area contributed by atoms with Crippen molar-refractivity contribution in [2.45, 2.75) is 20.0 Å². The Morgan fingerprint density at radius 1 is 1.29 bits per heavy atom. The largest absolute Gasteiger partial charge is 0.377 e. The van der Waals surface area contributed by atoms with Crippen LogP contribution in [0.3, 0.4) is 0 Å². The molecule has 0 bridgehead atoms. The van der Waals surface area contributed by atoms with Crippen molar-refractivity contribution in [1.82, 2.24) is 15.0 Å². The van der Waals surface area contributed by atoms with Crippen LogP contribution in [0, 0.1) is 0 Å². The first-order valence-electron chi connectivity index (χ1n) is 5.43. The summed E-state index contributed by atoms with van der Waals surface area (Å²) < 4.78 is 5.39. The van der Waals surface area contributed by atoms with Crippen molar-refractivity contribution in [1.29, 1.82) is 0 Å². The van der Waals surface area contributed by atoms with Gasteiger partial charge in [-0.25, -0.2) is 0 Å². The summed E-state index contributed by atoms with van der Waals surface area (Å²) in [5, 5.41) is 3.21. The van der Waals surface area contributed by atoms with E-state index in [0.29, 0.717) is 25.0 Å². The molecule has 0 spiro atoms. The minimum absolute atomic E-state index is 0.177. The Hall–Kier alpha value is -1.14. The first kappa shape index (κ1) is 13.9. The van der Waals surface area contributed by atoms with Crippen LogP contribution in [0.2, 0.25) is 5.28 Å². The van der Waals surface area contributed by atoms with Gasteiger partial charge in [-0.2, -0.15) is 15.0 Å². The maximum absolute atomic E-state index is 5.80. The Kier molecular flexibility index (Phi) is 5.37. The molecule has 0 saturated heterocycles. The zero-order valence-electron chi connectivity index (χ0n) is 10.6. The van der Waals surface area contributed by atoms with E-state index in [4.69, 9.17) is 16.3 Å². The molecule has 0 atom stereocenters. The number of halogens is 1. The van der Waals surface area contributed by atoms with Gasteiger partial charge >= 0.3 is 0 Å². The fourth-order valence-corrected chi connectivity index (χ4v) is 1.23. The van der Waals surface area contributed by atoms with Gasteiger partial charge in [0.1, 0.15) is 0 Å². The third kappa shape index (κ3) is 5.14. The number of hydrogen-bond acceptors (Lipinski definition) is 6. The highest BCUT2D eigenvalue weighted by atomic mass is 35.5. The molecule has 7 heteroatoms. The van der Waals surface area contributed by atoms with Gasteiger partial charge in [0.05, 0.1) is 12.7 Å². The van der Waals surface area contributed by atoms with Gasteiger partial charge in [0.15, 0.2) is 0 Å². The van der Waals surface area contributed by atoms with E-state index in [1.165, 1.54) is 0 Å². The van der Waals surface area contributed by atoms with E-state index in [1.54, 1.807) is 4.90 Å². The van der Waals surface area contributed by atoms with Crippen LogP contribution >= 0.6 is 11.6 Å². The zero-order chi connectivity index (χ0) is 12.8. The highest BCUT2D eigenvalue weighted by molar-refractivity contribution is 6.28. The number of rotatable bonds is 6. The number of ether oxygens (including phenoxy) is 1. The van der Waals surface area contributed by atoms with Crippen molar-refractivity contribution in [2.75, 3.05) is 37.5 Å². The highest BCUT2D eigenvalue weighted by Crippen LogP contribution is 2.10. The summed E-state index contributed by atoms with van der Waals surface area (Å²) in [6.07, 6.45) is 0.219. The maximum atomic E-state index is 5.80. The summed E-state index contributed by atoms with van der Waals surface area (Å²) in [4.78, 5) is 13.9. The van der Waals surface area contributed by atoms with Gasteiger partial charge in [-0.3, -0.25) is 0 Å². The van der Waals surface area contributed by atoms with Crippen LogP contribution in [-0.2, 0) is 4.74 Å². The van der Waals surface area contributed by atoms with Crippen molar-refractivity contribution < 1.29 is 4.74 Å². The quantitative estimate of drug-likeness (QED) is 0.780. The first-order valence-corrected chi connectivity index (χ1v) is 5.81. The van der Waals surface area contributed by atoms with Gasteiger partial charge in [-0.05, 0) is 25.4 Å². The van der Waals surface area contributed by atoms with E-state index in [1.807, 2.05) is 27.9 Å². The van der Waals surface area contributed by atoms with Crippen molar-refractivity contribution in [2.24, 2.45) is 0 Å². The molecule has 1 aromatic rings. The van der Waals surface area contributed by atoms with E-state index >= 15 is 0 Å². The molecular weight excluding hydrogens is 242 g/mol. The molecule has 1 N–H and O–H groups in total. The summed E-state index contributed by atoms with van der Waals surface area (Å²) in [5.41, 5.74) is 0. The predicted octanol–water partition coefficient (Wildman–Crippen LogP) is 1.43. The molecular formula is C10H18ClN5O. The van der Waals surface area contributed by atoms with Crippen LogP contribution in [0.5, 0.6) is 0 Å². The molecule has 17 heavy (non-hydrogen) atoms. The zero-order valence-corrected chi connectivity index (χ0v) is 11.3. The third-order valence-corrected chi connectivity index (χ3v) is 2.00. The summed E-state index contributed by atoms with van der Waals surface area (Å²) in [6, 6.07) is 0. The fraction of sp³-hybridized carbons (Fsp3) is 0.700. The van der Waals surface area contributed by atoms with Gasteiger partial charge < -0.3 is 15.0 Å². The van der Waals surface area contributed by atoms with E-state index < -0.39 is 0 Å². The molecule has 0 unspecified atom stereocenters. The second-order valence-corrected chi connectivity index (χ2v) is 4.31. The number of nitrogens with zero attached hydrogens (tertiary/aromatic N) is 4. The van der Waals surface area contributed by atoms with Crippen molar-refractivity contribution >= 4 is 23.5 Å². The molecule has 0 aliphatic heterocycles. The predicted molar refractivity (Wildman–Crippen MR) is 68.7 cm³/mol. The summed E-state index contributed by atoms with van der Waals surface area (Å²) in [6.45, 7) is 5.21. The molecule has 0 aliphatic carbocycles. The van der Waals surface area contributed by atoms with Crippen LogP contribution in [0.25, 0.3) is 0 Å². The van der Waals surface area contributed by atoms with Gasteiger partial charge in [0.25, 0.3) is 0 Å². The lowest BCUT2D eigenvalue weighted by Gasteiger charge is -2.12. The van der Waals surface area contributed by atoms with Crippen LogP contribution in [-0.4, -0.2) is 48.3 Å². The van der Waals surface area contributed by atoms with Crippen molar-refractivity contribution in [3.63, 3.8) is 0 Å². The maximum Gasteiger partial charge on any atom is 0.230 e. The Bertz CT molecular complexity index is 359. The Morgan fingerprint density at radius 2 is 2.00 bits per heavy atom. The first-order chi connectivity index (χ1) is 7.99. The van der Waals surface area contributed by atoms with Gasteiger partial charge in [-0.1, -0.05) is 0 Å². The number of nitrogens with one attached hydrogen (secondary N) is 1. The normalized spacial score (nSPS) is 10.7. The molecule has 1 heterocycles. The second-order valence-electron chi connectivity index (χ2n) is 3.97. The van der Waals surface area contributed by atoms with Crippen LogP contribution in [0.1, 0.15) is 13.8 Å². The summed E-state index contributed by atoms with van der Waals surface area (Å²) in [5.74, 6) is 0.985. The second kappa shape index (κ2) is 6.56. The number of anilines is 2. The van der Waals surface area contributed by atoms with Crippen molar-refractivity contribution in [3.8, 4) is 0 Å². The molecule has 0 amide bonds. The van der Waals surface area contributed by atoms with E-state index in [2.05, 4.69) is 20.3 Å². The fourth-order valence-electron chi connectivity index (χ4n) is 1.08. The topological polar surface area (TPSA) is 63.2 Å². The van der Waals surface area contributed by atoms with Gasteiger partial charge in [0.2, 0.25) is 17.2 Å². The molecule has 0 aliphatic rings. The van der Waals surface area contributed by atoms with Gasteiger partial charge in [-0.15, -0.1) is 0 Å². The van der Waals surface area contributed by atoms with Crippen LogP contribution < -0.4 is 10.2 Å². The van der Waals surface area contributed by atoms with Gasteiger partial charge in [0, 0.05) is 20.6 Å². The minimum atomic E-state index is 0.177.